The Bertz CT molecular complexity index is 1050. The first-order valence-corrected chi connectivity index (χ1v) is 12.6. The van der Waals surface area contributed by atoms with E-state index in [4.69, 9.17) is 4.42 Å². The number of aromatic nitrogens is 2. The van der Waals surface area contributed by atoms with Crippen molar-refractivity contribution in [3.8, 4) is 0 Å². The summed E-state index contributed by atoms with van der Waals surface area (Å²) < 4.78 is 6.99. The number of aryl methyl sites for hydroxylation is 1. The normalized spacial score (nSPS) is 15.7. The summed E-state index contributed by atoms with van der Waals surface area (Å²) in [6.07, 6.45) is 1.16. The third kappa shape index (κ3) is 5.48. The molecular formula is C23H30N4O2S2. The van der Waals surface area contributed by atoms with Crippen LogP contribution < -0.4 is 0 Å². The maximum Gasteiger partial charge on any atom is 0.290 e. The lowest BCUT2D eigenvalue weighted by Crippen LogP contribution is -2.49. The molecule has 1 fully saturated rings. The number of para-hydroxylation sites is 1. The zero-order valence-electron chi connectivity index (χ0n) is 18.7. The monoisotopic (exact) mass is 458 g/mol. The van der Waals surface area contributed by atoms with Crippen molar-refractivity contribution in [2.45, 2.75) is 44.2 Å². The minimum atomic E-state index is -0.00397. The first kappa shape index (κ1) is 22.3. The first-order valence-electron chi connectivity index (χ1n) is 10.7. The molecule has 6 nitrogen and oxygen atoms in total. The zero-order valence-corrected chi connectivity index (χ0v) is 20.3. The quantitative estimate of drug-likeness (QED) is 0.480. The lowest BCUT2D eigenvalue weighted by atomic mass is 9.92. The second kappa shape index (κ2) is 9.30. The number of hydrogen-bond donors (Lipinski definition) is 0. The summed E-state index contributed by atoms with van der Waals surface area (Å²) in [5.74, 6) is 1.10. The summed E-state index contributed by atoms with van der Waals surface area (Å²) in [7, 11) is 0. The zero-order chi connectivity index (χ0) is 22.0. The predicted molar refractivity (Wildman–Crippen MR) is 127 cm³/mol. The molecule has 3 aromatic rings. The number of hydrogen-bond acceptors (Lipinski definition) is 7. The standard InChI is InChI=1S/C23H30N4O2S2/c1-16-24-25-22(31-16)30-15-18-17-7-5-6-8-19(17)29-20(18)21(28)27-13-11-26(12-14-27)10-9-23(2,3)4/h5-8H,9-15H2,1-4H3. The van der Waals surface area contributed by atoms with Gasteiger partial charge in [0.25, 0.3) is 5.91 Å². The molecule has 1 aliphatic heterocycles. The van der Waals surface area contributed by atoms with Gasteiger partial charge < -0.3 is 9.32 Å². The molecule has 0 unspecified atom stereocenters. The van der Waals surface area contributed by atoms with E-state index in [-0.39, 0.29) is 5.91 Å². The van der Waals surface area contributed by atoms with Gasteiger partial charge in [0.05, 0.1) is 0 Å². The molecule has 0 bridgehead atoms. The average molecular weight is 459 g/mol. The molecule has 0 atom stereocenters. The number of carbonyl (C=O) groups is 1. The highest BCUT2D eigenvalue weighted by Crippen LogP contribution is 2.34. The SMILES string of the molecule is Cc1nnc(SCc2c(C(=O)N3CCN(CCC(C)(C)C)CC3)oc3ccccc23)s1. The maximum absolute atomic E-state index is 13.4. The molecule has 3 heterocycles. The van der Waals surface area contributed by atoms with Gasteiger partial charge in [0, 0.05) is 42.9 Å². The molecule has 1 amide bonds. The van der Waals surface area contributed by atoms with Crippen LogP contribution >= 0.6 is 23.1 Å². The van der Waals surface area contributed by atoms with Crippen molar-refractivity contribution < 1.29 is 9.21 Å². The van der Waals surface area contributed by atoms with Gasteiger partial charge in [-0.25, -0.2) is 0 Å². The Kier molecular flexibility index (Phi) is 6.69. The molecule has 1 aliphatic rings. The predicted octanol–water partition coefficient (Wildman–Crippen LogP) is 5.08. The van der Waals surface area contributed by atoms with Gasteiger partial charge in [-0.05, 0) is 31.4 Å². The number of fused-ring (bicyclic) bond motifs is 1. The lowest BCUT2D eigenvalue weighted by molar-refractivity contribution is 0.0594. The van der Waals surface area contributed by atoms with Gasteiger partial charge in [0.15, 0.2) is 10.1 Å². The first-order chi connectivity index (χ1) is 14.8. The third-order valence-electron chi connectivity index (χ3n) is 5.58. The number of nitrogens with zero attached hydrogens (tertiary/aromatic N) is 4. The summed E-state index contributed by atoms with van der Waals surface area (Å²) in [5.41, 5.74) is 2.05. The minimum Gasteiger partial charge on any atom is -0.451 e. The van der Waals surface area contributed by atoms with E-state index >= 15 is 0 Å². The molecule has 166 valence electrons. The van der Waals surface area contributed by atoms with E-state index in [1.54, 1.807) is 23.1 Å². The van der Waals surface area contributed by atoms with Crippen molar-refractivity contribution >= 4 is 40.0 Å². The largest absolute Gasteiger partial charge is 0.451 e. The second-order valence-corrected chi connectivity index (χ2v) is 11.6. The van der Waals surface area contributed by atoms with Crippen molar-refractivity contribution in [2.24, 2.45) is 5.41 Å². The van der Waals surface area contributed by atoms with Crippen LogP contribution in [0.3, 0.4) is 0 Å². The topological polar surface area (TPSA) is 62.5 Å². The highest BCUT2D eigenvalue weighted by Gasteiger charge is 2.28. The van der Waals surface area contributed by atoms with Crippen molar-refractivity contribution in [3.63, 3.8) is 0 Å². The van der Waals surface area contributed by atoms with E-state index in [9.17, 15) is 4.79 Å². The molecule has 0 aliphatic carbocycles. The molecule has 1 saturated heterocycles. The van der Waals surface area contributed by atoms with Gasteiger partial charge in [-0.15, -0.1) is 10.2 Å². The van der Waals surface area contributed by atoms with Crippen LogP contribution in [0.2, 0.25) is 0 Å². The van der Waals surface area contributed by atoms with Crippen LogP contribution in [0.4, 0.5) is 0 Å². The minimum absolute atomic E-state index is 0.00397. The summed E-state index contributed by atoms with van der Waals surface area (Å²) in [5, 5.41) is 10.2. The lowest BCUT2D eigenvalue weighted by Gasteiger charge is -2.35. The number of piperazine rings is 1. The van der Waals surface area contributed by atoms with Gasteiger partial charge in [-0.2, -0.15) is 0 Å². The summed E-state index contributed by atoms with van der Waals surface area (Å²) in [4.78, 5) is 17.8. The number of rotatable bonds is 6. The van der Waals surface area contributed by atoms with Gasteiger partial charge in [-0.3, -0.25) is 9.69 Å². The fourth-order valence-corrected chi connectivity index (χ4v) is 5.54. The fourth-order valence-electron chi connectivity index (χ4n) is 3.70. The Morgan fingerprint density at radius 2 is 1.90 bits per heavy atom. The van der Waals surface area contributed by atoms with Gasteiger partial charge >= 0.3 is 0 Å². The molecule has 1 aromatic carbocycles. The van der Waals surface area contributed by atoms with Crippen LogP contribution in [0.15, 0.2) is 33.0 Å². The van der Waals surface area contributed by atoms with Crippen molar-refractivity contribution in [2.75, 3.05) is 32.7 Å². The highest BCUT2D eigenvalue weighted by molar-refractivity contribution is 8.00. The molecule has 0 N–H and O–H groups in total. The fraction of sp³-hybridized carbons (Fsp3) is 0.522. The second-order valence-electron chi connectivity index (χ2n) is 9.23. The number of amides is 1. The average Bonchev–Trinajstić information content (AvgIpc) is 3.33. The van der Waals surface area contributed by atoms with E-state index in [0.717, 1.165) is 65.0 Å². The number of furan rings is 1. The van der Waals surface area contributed by atoms with E-state index in [2.05, 4.69) is 35.9 Å². The Hall–Kier alpha value is -1.90. The van der Waals surface area contributed by atoms with Crippen molar-refractivity contribution in [3.05, 3.63) is 40.6 Å². The molecule has 2 aromatic heterocycles. The van der Waals surface area contributed by atoms with E-state index in [1.807, 2.05) is 36.1 Å². The Morgan fingerprint density at radius 1 is 1.16 bits per heavy atom. The molecular weight excluding hydrogens is 428 g/mol. The van der Waals surface area contributed by atoms with Crippen LogP contribution in [0, 0.1) is 12.3 Å². The van der Waals surface area contributed by atoms with Crippen LogP contribution in [-0.4, -0.2) is 58.6 Å². The van der Waals surface area contributed by atoms with E-state index < -0.39 is 0 Å². The molecule has 0 radical (unpaired) electrons. The van der Waals surface area contributed by atoms with E-state index in [0.29, 0.717) is 16.9 Å². The number of carbonyl (C=O) groups excluding carboxylic acids is 1. The molecule has 0 saturated carbocycles. The Morgan fingerprint density at radius 3 is 2.58 bits per heavy atom. The van der Waals surface area contributed by atoms with Crippen LogP contribution in [-0.2, 0) is 5.75 Å². The number of thioether (sulfide) groups is 1. The number of benzene rings is 1. The van der Waals surface area contributed by atoms with E-state index in [1.165, 1.54) is 0 Å². The molecule has 8 heteroatoms. The van der Waals surface area contributed by atoms with Gasteiger partial charge in [0.1, 0.15) is 10.6 Å². The third-order valence-corrected chi connectivity index (χ3v) is 7.58. The summed E-state index contributed by atoms with van der Waals surface area (Å²) in [6.45, 7) is 13.2. The van der Waals surface area contributed by atoms with Crippen molar-refractivity contribution in [1.29, 1.82) is 0 Å². The van der Waals surface area contributed by atoms with Gasteiger partial charge in [0.2, 0.25) is 0 Å². The Balaban J connectivity index is 1.47. The Labute approximate surface area is 192 Å². The van der Waals surface area contributed by atoms with Crippen LogP contribution in [0.5, 0.6) is 0 Å². The van der Waals surface area contributed by atoms with Crippen molar-refractivity contribution in [1.82, 2.24) is 20.0 Å². The summed E-state index contributed by atoms with van der Waals surface area (Å²) in [6, 6.07) is 7.89. The highest BCUT2D eigenvalue weighted by atomic mass is 32.2. The van der Waals surface area contributed by atoms with Crippen LogP contribution in [0.25, 0.3) is 11.0 Å². The van der Waals surface area contributed by atoms with Crippen LogP contribution in [0.1, 0.15) is 48.3 Å². The molecule has 31 heavy (non-hydrogen) atoms. The summed E-state index contributed by atoms with van der Waals surface area (Å²) >= 11 is 3.18. The maximum atomic E-state index is 13.4. The smallest absolute Gasteiger partial charge is 0.290 e. The van der Waals surface area contributed by atoms with Gasteiger partial charge in [-0.1, -0.05) is 62.1 Å². The molecule has 4 rings (SSSR count). The molecule has 0 spiro atoms.